The van der Waals surface area contributed by atoms with Crippen LogP contribution in [-0.2, 0) is 17.9 Å². The molecule has 2 aromatic heterocycles. The molecule has 2 amide bonds. The first-order chi connectivity index (χ1) is 13.1. The van der Waals surface area contributed by atoms with E-state index in [1.165, 1.54) is 0 Å². The molecule has 8 nitrogen and oxygen atoms in total. The second kappa shape index (κ2) is 8.77. The fourth-order valence-electron chi connectivity index (χ4n) is 3.40. The van der Waals surface area contributed by atoms with Crippen molar-refractivity contribution in [1.29, 1.82) is 0 Å². The van der Waals surface area contributed by atoms with Crippen LogP contribution in [0.4, 0.5) is 0 Å². The van der Waals surface area contributed by atoms with Gasteiger partial charge in [0.1, 0.15) is 0 Å². The smallest absolute Gasteiger partial charge is 0.254 e. The van der Waals surface area contributed by atoms with Crippen molar-refractivity contribution in [3.05, 3.63) is 48.0 Å². The van der Waals surface area contributed by atoms with E-state index in [1.54, 1.807) is 29.5 Å². The minimum absolute atomic E-state index is 0.00283. The molecule has 2 N–H and O–H groups in total. The van der Waals surface area contributed by atoms with Gasteiger partial charge >= 0.3 is 0 Å². The number of carbonyl (C=O) groups is 2. The maximum absolute atomic E-state index is 12.5. The van der Waals surface area contributed by atoms with E-state index in [1.807, 2.05) is 26.0 Å². The first-order valence-electron chi connectivity index (χ1n) is 9.34. The van der Waals surface area contributed by atoms with Crippen molar-refractivity contribution in [3.8, 4) is 0 Å². The molecule has 1 aliphatic rings. The third-order valence-corrected chi connectivity index (χ3v) is 4.72. The molecule has 0 bridgehead atoms. The molecule has 2 aromatic rings. The molecule has 1 aliphatic heterocycles. The molecule has 0 aromatic carbocycles. The topological polar surface area (TPSA) is 92.2 Å². The van der Waals surface area contributed by atoms with Crippen molar-refractivity contribution in [3.63, 3.8) is 0 Å². The monoisotopic (exact) mass is 370 g/mol. The highest BCUT2D eigenvalue weighted by atomic mass is 16.2. The number of carbonyl (C=O) groups excluding carboxylic acids is 2. The summed E-state index contributed by atoms with van der Waals surface area (Å²) in [6, 6.07) is 3.52. The molecule has 27 heavy (non-hydrogen) atoms. The quantitative estimate of drug-likeness (QED) is 0.752. The van der Waals surface area contributed by atoms with Gasteiger partial charge in [-0.3, -0.25) is 24.2 Å². The van der Waals surface area contributed by atoms with Crippen LogP contribution >= 0.6 is 0 Å². The van der Waals surface area contributed by atoms with Crippen LogP contribution in [0.3, 0.4) is 0 Å². The molecule has 8 heteroatoms. The summed E-state index contributed by atoms with van der Waals surface area (Å²) in [5, 5.41) is 10.1. The van der Waals surface area contributed by atoms with Crippen LogP contribution in [0.25, 0.3) is 0 Å². The van der Waals surface area contributed by atoms with E-state index >= 15 is 0 Å². The van der Waals surface area contributed by atoms with E-state index in [0.29, 0.717) is 31.6 Å². The number of likely N-dealkylation sites (tertiary alicyclic amines) is 1. The number of aryl methyl sites for hydroxylation is 1. The molecule has 3 rings (SSSR count). The van der Waals surface area contributed by atoms with Crippen LogP contribution in [0.5, 0.6) is 0 Å². The first kappa shape index (κ1) is 19.0. The van der Waals surface area contributed by atoms with Crippen molar-refractivity contribution in [1.82, 2.24) is 30.3 Å². The van der Waals surface area contributed by atoms with Crippen LogP contribution in [0.2, 0.25) is 0 Å². The SMILES string of the molecule is CCNC(=O)[C@@H]1C[C@H](NC(=O)c2cnn(CC)c2)CN1Cc1cccnc1. The minimum atomic E-state index is -0.270. The number of hydrogen-bond donors (Lipinski definition) is 2. The van der Waals surface area contributed by atoms with E-state index < -0.39 is 0 Å². The van der Waals surface area contributed by atoms with E-state index in [-0.39, 0.29) is 23.9 Å². The maximum Gasteiger partial charge on any atom is 0.254 e. The standard InChI is InChI=1S/C19H26N6O2/c1-3-21-19(27)17-8-16(13-24(17)11-14-6-5-7-20-9-14)23-18(26)15-10-22-25(4-2)12-15/h5-7,9-10,12,16-17H,3-4,8,11,13H2,1-2H3,(H,21,27)(H,23,26)/t16-,17-/m0/s1. The van der Waals surface area contributed by atoms with Crippen molar-refractivity contribution < 1.29 is 9.59 Å². The summed E-state index contributed by atoms with van der Waals surface area (Å²) < 4.78 is 1.72. The summed E-state index contributed by atoms with van der Waals surface area (Å²) in [5.74, 6) is -0.158. The Morgan fingerprint density at radius 1 is 1.30 bits per heavy atom. The molecule has 1 fully saturated rings. The van der Waals surface area contributed by atoms with Gasteiger partial charge in [-0.15, -0.1) is 0 Å². The molecule has 3 heterocycles. The van der Waals surface area contributed by atoms with E-state index in [4.69, 9.17) is 0 Å². The van der Waals surface area contributed by atoms with Gasteiger partial charge in [-0.1, -0.05) is 6.07 Å². The number of nitrogens with zero attached hydrogens (tertiary/aromatic N) is 4. The lowest BCUT2D eigenvalue weighted by Gasteiger charge is -2.23. The van der Waals surface area contributed by atoms with E-state index in [2.05, 4.69) is 25.6 Å². The zero-order valence-electron chi connectivity index (χ0n) is 15.8. The van der Waals surface area contributed by atoms with Gasteiger partial charge in [0.25, 0.3) is 5.91 Å². The summed E-state index contributed by atoms with van der Waals surface area (Å²) in [6.07, 6.45) is 7.43. The minimum Gasteiger partial charge on any atom is -0.355 e. The third-order valence-electron chi connectivity index (χ3n) is 4.72. The number of pyridine rings is 1. The molecule has 2 atom stereocenters. The Morgan fingerprint density at radius 2 is 2.15 bits per heavy atom. The van der Waals surface area contributed by atoms with Gasteiger partial charge in [-0.25, -0.2) is 0 Å². The van der Waals surface area contributed by atoms with Crippen LogP contribution in [0.15, 0.2) is 36.9 Å². The van der Waals surface area contributed by atoms with Crippen LogP contribution in [-0.4, -0.2) is 56.7 Å². The van der Waals surface area contributed by atoms with Crippen molar-refractivity contribution >= 4 is 11.8 Å². The predicted octanol–water partition coefficient (Wildman–Crippen LogP) is 0.807. The highest BCUT2D eigenvalue weighted by Crippen LogP contribution is 2.21. The number of hydrogen-bond acceptors (Lipinski definition) is 5. The number of amides is 2. The molecular formula is C19H26N6O2. The van der Waals surface area contributed by atoms with Crippen molar-refractivity contribution in [2.24, 2.45) is 0 Å². The predicted molar refractivity (Wildman–Crippen MR) is 101 cm³/mol. The average molecular weight is 370 g/mol. The summed E-state index contributed by atoms with van der Waals surface area (Å²) in [5.41, 5.74) is 1.58. The molecular weight excluding hydrogens is 344 g/mol. The van der Waals surface area contributed by atoms with Crippen LogP contribution < -0.4 is 10.6 Å². The summed E-state index contributed by atoms with van der Waals surface area (Å²) in [4.78, 5) is 31.2. The van der Waals surface area contributed by atoms with Gasteiger partial charge in [-0.05, 0) is 31.9 Å². The molecule has 0 unspecified atom stereocenters. The van der Waals surface area contributed by atoms with Crippen molar-refractivity contribution in [2.45, 2.75) is 45.4 Å². The maximum atomic E-state index is 12.5. The Balaban J connectivity index is 1.67. The Kier molecular flexibility index (Phi) is 6.18. The Labute approximate surface area is 159 Å². The van der Waals surface area contributed by atoms with Crippen LogP contribution in [0, 0.1) is 0 Å². The van der Waals surface area contributed by atoms with Gasteiger partial charge in [0.05, 0.1) is 17.8 Å². The molecule has 0 saturated carbocycles. The van der Waals surface area contributed by atoms with E-state index in [9.17, 15) is 9.59 Å². The normalized spacial score (nSPS) is 19.8. The number of nitrogens with one attached hydrogen (secondary N) is 2. The molecule has 0 spiro atoms. The van der Waals surface area contributed by atoms with E-state index in [0.717, 1.165) is 12.1 Å². The summed E-state index contributed by atoms with van der Waals surface area (Å²) in [6.45, 7) is 6.42. The zero-order chi connectivity index (χ0) is 19.2. The molecule has 0 aliphatic carbocycles. The van der Waals surface area contributed by atoms with Gasteiger partial charge in [0.2, 0.25) is 5.91 Å². The molecule has 1 saturated heterocycles. The molecule has 0 radical (unpaired) electrons. The summed E-state index contributed by atoms with van der Waals surface area (Å²) in [7, 11) is 0. The Morgan fingerprint density at radius 3 is 2.81 bits per heavy atom. The Hall–Kier alpha value is -2.74. The zero-order valence-corrected chi connectivity index (χ0v) is 15.8. The lowest BCUT2D eigenvalue weighted by atomic mass is 10.1. The van der Waals surface area contributed by atoms with Gasteiger partial charge < -0.3 is 10.6 Å². The lowest BCUT2D eigenvalue weighted by molar-refractivity contribution is -0.125. The summed E-state index contributed by atoms with van der Waals surface area (Å²) >= 11 is 0. The highest BCUT2D eigenvalue weighted by Gasteiger charge is 2.37. The largest absolute Gasteiger partial charge is 0.355 e. The van der Waals surface area contributed by atoms with Gasteiger partial charge in [0.15, 0.2) is 0 Å². The average Bonchev–Trinajstić information content (AvgIpc) is 3.30. The van der Waals surface area contributed by atoms with Gasteiger partial charge in [-0.2, -0.15) is 5.10 Å². The first-order valence-corrected chi connectivity index (χ1v) is 9.34. The lowest BCUT2D eigenvalue weighted by Crippen LogP contribution is -2.42. The number of likely N-dealkylation sites (N-methyl/N-ethyl adjacent to an activating group) is 1. The number of aromatic nitrogens is 3. The highest BCUT2D eigenvalue weighted by molar-refractivity contribution is 5.94. The van der Waals surface area contributed by atoms with Gasteiger partial charge in [0, 0.05) is 50.8 Å². The van der Waals surface area contributed by atoms with Crippen LogP contribution in [0.1, 0.15) is 36.2 Å². The fraction of sp³-hybridized carbons (Fsp3) is 0.474. The Bertz CT molecular complexity index is 776. The van der Waals surface area contributed by atoms with Crippen molar-refractivity contribution in [2.75, 3.05) is 13.1 Å². The second-order valence-electron chi connectivity index (χ2n) is 6.69. The second-order valence-corrected chi connectivity index (χ2v) is 6.69. The fourth-order valence-corrected chi connectivity index (χ4v) is 3.40. The number of rotatable bonds is 7. The third kappa shape index (κ3) is 4.71. The molecule has 144 valence electrons.